The second-order valence-corrected chi connectivity index (χ2v) is 3.42. The molecule has 0 heterocycles. The first-order valence-electron chi connectivity index (χ1n) is 4.62. The molecule has 0 saturated heterocycles. The van der Waals surface area contributed by atoms with Crippen LogP contribution in [0.3, 0.4) is 0 Å². The maximum Gasteiger partial charge on any atom is 0.341 e. The molecule has 100 valence electrons. The number of hydrogen-bond donors (Lipinski definition) is 3. The minimum atomic E-state index is -3.06. The Balaban J connectivity index is 3.44. The van der Waals surface area contributed by atoms with Crippen LogP contribution < -0.4 is 0 Å². The first-order chi connectivity index (χ1) is 8.27. The normalized spacial score (nSPS) is 22.4. The largest absolute Gasteiger partial charge is 0.508 e. The van der Waals surface area contributed by atoms with Gasteiger partial charge in [0, 0.05) is 13.2 Å². The van der Waals surface area contributed by atoms with Crippen molar-refractivity contribution in [2.24, 2.45) is 0 Å². The monoisotopic (exact) mass is 261 g/mol. The van der Waals surface area contributed by atoms with Crippen molar-refractivity contribution in [1.82, 2.24) is 0 Å². The van der Waals surface area contributed by atoms with E-state index in [9.17, 15) is 30.2 Å². The van der Waals surface area contributed by atoms with E-state index in [2.05, 4.69) is 9.47 Å². The van der Waals surface area contributed by atoms with Gasteiger partial charge in [0.15, 0.2) is 6.10 Å². The molecule has 9 heteroatoms. The molecule has 18 heavy (non-hydrogen) atoms. The second kappa shape index (κ2) is 4.72. The molecule has 1 aliphatic carbocycles. The van der Waals surface area contributed by atoms with Crippen LogP contribution in [0.25, 0.3) is 0 Å². The molecule has 0 saturated carbocycles. The van der Waals surface area contributed by atoms with Crippen LogP contribution in [0.2, 0.25) is 0 Å². The van der Waals surface area contributed by atoms with E-state index in [1.807, 2.05) is 0 Å². The van der Waals surface area contributed by atoms with Gasteiger partial charge in [-0.05, 0) is 0 Å². The first kappa shape index (κ1) is 14.1. The van der Waals surface area contributed by atoms with E-state index in [0.717, 1.165) is 14.2 Å². The SMILES string of the molecule is COC(=O)C1=C(O)C(OC)C(O)(O)C([N+](=O)[O-])=C1. The molecule has 1 atom stereocenters. The fourth-order valence-electron chi connectivity index (χ4n) is 1.52. The zero-order chi connectivity index (χ0) is 14.1. The van der Waals surface area contributed by atoms with Crippen molar-refractivity contribution in [1.29, 1.82) is 0 Å². The van der Waals surface area contributed by atoms with Gasteiger partial charge in [0.05, 0.1) is 12.0 Å². The predicted molar refractivity (Wildman–Crippen MR) is 54.7 cm³/mol. The molecule has 0 amide bonds. The highest BCUT2D eigenvalue weighted by atomic mass is 16.6. The Hall–Kier alpha value is -1.97. The maximum absolute atomic E-state index is 11.3. The van der Waals surface area contributed by atoms with Crippen molar-refractivity contribution in [2.75, 3.05) is 14.2 Å². The third-order valence-corrected chi connectivity index (χ3v) is 2.39. The summed E-state index contributed by atoms with van der Waals surface area (Å²) >= 11 is 0. The average molecular weight is 261 g/mol. The molecule has 0 radical (unpaired) electrons. The molecule has 0 spiro atoms. The van der Waals surface area contributed by atoms with Crippen molar-refractivity contribution in [2.45, 2.75) is 11.9 Å². The van der Waals surface area contributed by atoms with E-state index in [0.29, 0.717) is 6.08 Å². The number of carbonyl (C=O) groups excluding carboxylic acids is 1. The van der Waals surface area contributed by atoms with Gasteiger partial charge in [-0.3, -0.25) is 10.1 Å². The van der Waals surface area contributed by atoms with Crippen LogP contribution in [0.1, 0.15) is 0 Å². The number of aliphatic hydroxyl groups excluding tert-OH is 1. The number of rotatable bonds is 3. The van der Waals surface area contributed by atoms with Gasteiger partial charge in [0.25, 0.3) is 5.79 Å². The molecular weight excluding hydrogens is 250 g/mol. The van der Waals surface area contributed by atoms with Crippen LogP contribution in [-0.2, 0) is 14.3 Å². The van der Waals surface area contributed by atoms with Crippen LogP contribution in [0.4, 0.5) is 0 Å². The lowest BCUT2D eigenvalue weighted by Gasteiger charge is -2.30. The summed E-state index contributed by atoms with van der Waals surface area (Å²) in [5, 5.41) is 39.5. The molecule has 1 unspecified atom stereocenters. The van der Waals surface area contributed by atoms with Gasteiger partial charge in [-0.25, -0.2) is 4.79 Å². The van der Waals surface area contributed by atoms with E-state index >= 15 is 0 Å². The molecule has 1 rings (SSSR count). The predicted octanol–water partition coefficient (Wildman–Crippen LogP) is -1.16. The number of nitrogens with zero attached hydrogens (tertiary/aromatic N) is 1. The summed E-state index contributed by atoms with van der Waals surface area (Å²) in [5.74, 6) is -4.98. The molecule has 0 aromatic carbocycles. The Labute approximate surface area is 101 Å². The van der Waals surface area contributed by atoms with E-state index in [1.54, 1.807) is 0 Å². The van der Waals surface area contributed by atoms with Crippen molar-refractivity contribution >= 4 is 5.97 Å². The van der Waals surface area contributed by atoms with Gasteiger partial charge >= 0.3 is 11.7 Å². The minimum absolute atomic E-state index is 0.524. The zero-order valence-corrected chi connectivity index (χ0v) is 9.48. The summed E-state index contributed by atoms with van der Waals surface area (Å²) in [6, 6.07) is 0. The number of carbonyl (C=O) groups is 1. The van der Waals surface area contributed by atoms with Gasteiger partial charge in [0.2, 0.25) is 0 Å². The lowest BCUT2D eigenvalue weighted by molar-refractivity contribution is -0.466. The average Bonchev–Trinajstić information content (AvgIpc) is 2.27. The van der Waals surface area contributed by atoms with E-state index in [1.165, 1.54) is 0 Å². The molecule has 0 aliphatic heterocycles. The van der Waals surface area contributed by atoms with E-state index < -0.39 is 39.8 Å². The lowest BCUT2D eigenvalue weighted by atomic mass is 9.94. The van der Waals surface area contributed by atoms with Gasteiger partial charge in [-0.2, -0.15) is 0 Å². The Bertz CT molecular complexity index is 449. The molecule has 0 bridgehead atoms. The van der Waals surface area contributed by atoms with Crippen LogP contribution in [0.5, 0.6) is 0 Å². The summed E-state index contributed by atoms with van der Waals surface area (Å²) in [5.41, 5.74) is -1.68. The van der Waals surface area contributed by atoms with Gasteiger partial charge in [-0.15, -0.1) is 0 Å². The fourth-order valence-corrected chi connectivity index (χ4v) is 1.52. The molecule has 1 aliphatic rings. The number of hydrogen-bond acceptors (Lipinski definition) is 8. The maximum atomic E-state index is 11.3. The lowest BCUT2D eigenvalue weighted by Crippen LogP contribution is -2.50. The van der Waals surface area contributed by atoms with Crippen LogP contribution in [0.15, 0.2) is 23.1 Å². The number of methoxy groups -OCH3 is 2. The summed E-state index contributed by atoms with van der Waals surface area (Å²) in [6.45, 7) is 0. The van der Waals surface area contributed by atoms with Crippen molar-refractivity contribution in [3.63, 3.8) is 0 Å². The summed E-state index contributed by atoms with van der Waals surface area (Å²) in [7, 11) is 1.99. The quantitative estimate of drug-likeness (QED) is 0.250. The summed E-state index contributed by atoms with van der Waals surface area (Å²) in [6.07, 6.45) is -1.34. The molecule has 0 fully saturated rings. The van der Waals surface area contributed by atoms with Gasteiger partial charge in [0.1, 0.15) is 11.3 Å². The summed E-state index contributed by atoms with van der Waals surface area (Å²) in [4.78, 5) is 20.9. The smallest absolute Gasteiger partial charge is 0.341 e. The number of ether oxygens (including phenoxy) is 2. The summed E-state index contributed by atoms with van der Waals surface area (Å²) < 4.78 is 8.87. The van der Waals surface area contributed by atoms with Crippen molar-refractivity contribution in [3.05, 3.63) is 33.2 Å². The molecular formula is C9H11NO8. The molecule has 9 nitrogen and oxygen atoms in total. The third kappa shape index (κ3) is 2.06. The number of nitro groups is 1. The third-order valence-electron chi connectivity index (χ3n) is 2.39. The Morgan fingerprint density at radius 1 is 1.50 bits per heavy atom. The molecule has 3 N–H and O–H groups in total. The number of aliphatic hydroxyl groups is 3. The fraction of sp³-hybridized carbons (Fsp3) is 0.444. The topological polar surface area (TPSA) is 139 Å². The molecule has 0 aromatic heterocycles. The highest BCUT2D eigenvalue weighted by Crippen LogP contribution is 2.32. The van der Waals surface area contributed by atoms with E-state index in [-0.39, 0.29) is 0 Å². The highest BCUT2D eigenvalue weighted by molar-refractivity contribution is 5.92. The first-order valence-corrected chi connectivity index (χ1v) is 4.62. The van der Waals surface area contributed by atoms with Crippen molar-refractivity contribution < 1.29 is 34.5 Å². The van der Waals surface area contributed by atoms with Crippen LogP contribution >= 0.6 is 0 Å². The minimum Gasteiger partial charge on any atom is -0.508 e. The Morgan fingerprint density at radius 2 is 2.06 bits per heavy atom. The van der Waals surface area contributed by atoms with Crippen LogP contribution in [-0.4, -0.2) is 52.3 Å². The second-order valence-electron chi connectivity index (χ2n) is 3.42. The Morgan fingerprint density at radius 3 is 2.44 bits per heavy atom. The molecule has 0 aromatic rings. The van der Waals surface area contributed by atoms with Crippen LogP contribution in [0, 0.1) is 10.1 Å². The number of esters is 1. The van der Waals surface area contributed by atoms with Gasteiger partial charge in [-0.1, -0.05) is 0 Å². The zero-order valence-electron chi connectivity index (χ0n) is 9.48. The van der Waals surface area contributed by atoms with Crippen molar-refractivity contribution in [3.8, 4) is 0 Å². The highest BCUT2D eigenvalue weighted by Gasteiger charge is 2.53. The van der Waals surface area contributed by atoms with E-state index in [4.69, 9.17) is 0 Å². The standard InChI is InChI=1S/C9H11NO8/c1-17-7-6(11)4(8(12)18-2)3-5(10(15)16)9(7,13)14/h3,7,11,13-14H,1-2H3. The van der Waals surface area contributed by atoms with Gasteiger partial charge < -0.3 is 24.8 Å². The Kier molecular flexibility index (Phi) is 3.70.